The van der Waals surface area contributed by atoms with Crippen molar-refractivity contribution in [1.29, 1.82) is 0 Å². The van der Waals surface area contributed by atoms with E-state index in [9.17, 15) is 9.59 Å². The zero-order valence-corrected chi connectivity index (χ0v) is 17.9. The molecule has 0 N–H and O–H groups in total. The lowest BCUT2D eigenvalue weighted by atomic mass is 10.1. The molecule has 5 nitrogen and oxygen atoms in total. The summed E-state index contributed by atoms with van der Waals surface area (Å²) in [5.41, 5.74) is 0.777. The molecule has 0 spiro atoms. The number of imide groups is 1. The average Bonchev–Trinajstić information content (AvgIpc) is 2.86. The molecule has 0 saturated carbocycles. The molecule has 7 heteroatoms. The Hall–Kier alpha value is -1.47. The Morgan fingerprint density at radius 1 is 1.27 bits per heavy atom. The maximum Gasteiger partial charge on any atom is 0.293 e. The number of benzene rings is 1. The highest BCUT2D eigenvalue weighted by Gasteiger charge is 2.34. The van der Waals surface area contributed by atoms with Crippen LogP contribution in [0, 0.1) is 0 Å². The van der Waals surface area contributed by atoms with Crippen molar-refractivity contribution in [1.82, 2.24) is 4.90 Å². The van der Waals surface area contributed by atoms with Gasteiger partial charge in [0.25, 0.3) is 11.1 Å². The molecule has 0 aliphatic carbocycles. The van der Waals surface area contributed by atoms with Crippen LogP contribution in [0.15, 0.2) is 21.5 Å². The highest BCUT2D eigenvalue weighted by Crippen LogP contribution is 2.40. The minimum absolute atomic E-state index is 0.0573. The number of rotatable bonds is 8. The largest absolute Gasteiger partial charge is 0.490 e. The Labute approximate surface area is 167 Å². The normalized spacial score (nSPS) is 17.1. The predicted molar refractivity (Wildman–Crippen MR) is 109 cm³/mol. The van der Waals surface area contributed by atoms with Crippen molar-refractivity contribution in [2.45, 2.75) is 46.6 Å². The van der Waals surface area contributed by atoms with E-state index in [1.807, 2.05) is 32.9 Å². The van der Waals surface area contributed by atoms with E-state index in [4.69, 9.17) is 9.47 Å². The third-order valence-corrected chi connectivity index (χ3v) is 5.34. The zero-order chi connectivity index (χ0) is 19.3. The molecule has 0 unspecified atom stereocenters. The van der Waals surface area contributed by atoms with E-state index in [2.05, 4.69) is 22.9 Å². The summed E-state index contributed by atoms with van der Waals surface area (Å²) < 4.78 is 12.4. The van der Waals surface area contributed by atoms with Crippen LogP contribution in [0.4, 0.5) is 4.79 Å². The monoisotopic (exact) mass is 441 g/mol. The number of ether oxygens (including phenoxy) is 2. The summed E-state index contributed by atoms with van der Waals surface area (Å²) in [4.78, 5) is 26.1. The first kappa shape index (κ1) is 20.8. The number of carbonyl (C=O) groups excluding carboxylic acids is 2. The molecule has 0 aromatic heterocycles. The first-order valence-electron chi connectivity index (χ1n) is 8.79. The van der Waals surface area contributed by atoms with Crippen LogP contribution < -0.4 is 9.47 Å². The standard InChI is InChI=1S/C19H24BrNO4S/c1-5-8-21-18(22)16(26-19(21)23)11-13-9-14(20)17(25-12(4)6-2)15(10-13)24-7-3/h9-12H,5-8H2,1-4H3/b16-11+/t12-/m1/s1. The van der Waals surface area contributed by atoms with Gasteiger partial charge in [-0.05, 0) is 78.2 Å². The Morgan fingerprint density at radius 3 is 2.62 bits per heavy atom. The third kappa shape index (κ3) is 4.82. The van der Waals surface area contributed by atoms with Gasteiger partial charge in [0.1, 0.15) is 0 Å². The summed E-state index contributed by atoms with van der Waals surface area (Å²) >= 11 is 4.51. The van der Waals surface area contributed by atoms with Crippen LogP contribution in [0.3, 0.4) is 0 Å². The van der Waals surface area contributed by atoms with E-state index in [0.29, 0.717) is 29.6 Å². The number of amides is 2. The molecule has 1 aliphatic heterocycles. The summed E-state index contributed by atoms with van der Waals surface area (Å²) in [7, 11) is 0. The molecular weight excluding hydrogens is 418 g/mol. The second kappa shape index (κ2) is 9.46. The van der Waals surface area contributed by atoms with Gasteiger partial charge in [-0.3, -0.25) is 14.5 Å². The molecule has 1 aromatic rings. The summed E-state index contributed by atoms with van der Waals surface area (Å²) in [6.45, 7) is 8.84. The minimum atomic E-state index is -0.240. The summed E-state index contributed by atoms with van der Waals surface area (Å²) in [5.74, 6) is 1.02. The molecule has 1 aromatic carbocycles. The van der Waals surface area contributed by atoms with Gasteiger partial charge in [0.05, 0.1) is 22.1 Å². The lowest BCUT2D eigenvalue weighted by Crippen LogP contribution is -2.28. The molecular formula is C19H24BrNO4S. The molecule has 1 atom stereocenters. The Balaban J connectivity index is 2.36. The fourth-order valence-corrected chi connectivity index (χ4v) is 3.82. The van der Waals surface area contributed by atoms with Gasteiger partial charge in [-0.1, -0.05) is 13.8 Å². The number of hydrogen-bond donors (Lipinski definition) is 0. The van der Waals surface area contributed by atoms with Gasteiger partial charge in [0.2, 0.25) is 0 Å². The molecule has 142 valence electrons. The number of thioether (sulfide) groups is 1. The third-order valence-electron chi connectivity index (χ3n) is 3.84. The molecule has 2 rings (SSSR count). The number of hydrogen-bond acceptors (Lipinski definition) is 5. The van der Waals surface area contributed by atoms with Crippen LogP contribution in [-0.4, -0.2) is 35.3 Å². The van der Waals surface area contributed by atoms with E-state index in [1.165, 1.54) is 4.90 Å². The Morgan fingerprint density at radius 2 is 2.00 bits per heavy atom. The van der Waals surface area contributed by atoms with Crippen molar-refractivity contribution in [3.63, 3.8) is 0 Å². The molecule has 1 heterocycles. The average molecular weight is 442 g/mol. The van der Waals surface area contributed by atoms with Crippen LogP contribution in [0.2, 0.25) is 0 Å². The molecule has 0 radical (unpaired) electrons. The molecule has 0 bridgehead atoms. The Bertz CT molecular complexity index is 720. The van der Waals surface area contributed by atoms with Gasteiger partial charge >= 0.3 is 0 Å². The number of halogens is 1. The van der Waals surface area contributed by atoms with Gasteiger partial charge in [0.15, 0.2) is 11.5 Å². The van der Waals surface area contributed by atoms with Gasteiger partial charge in [-0.2, -0.15) is 0 Å². The van der Waals surface area contributed by atoms with Crippen molar-refractivity contribution in [2.75, 3.05) is 13.2 Å². The van der Waals surface area contributed by atoms with Gasteiger partial charge < -0.3 is 9.47 Å². The second-order valence-corrected chi connectivity index (χ2v) is 7.78. The zero-order valence-electron chi connectivity index (χ0n) is 15.5. The fourth-order valence-electron chi connectivity index (χ4n) is 2.40. The quantitative estimate of drug-likeness (QED) is 0.500. The molecule has 1 fully saturated rings. The van der Waals surface area contributed by atoms with Crippen molar-refractivity contribution in [2.24, 2.45) is 0 Å². The smallest absolute Gasteiger partial charge is 0.293 e. The number of carbonyl (C=O) groups is 2. The fraction of sp³-hybridized carbons (Fsp3) is 0.474. The lowest BCUT2D eigenvalue weighted by molar-refractivity contribution is -0.122. The maximum absolute atomic E-state index is 12.4. The first-order chi connectivity index (χ1) is 12.4. The van der Waals surface area contributed by atoms with E-state index in [0.717, 1.165) is 34.6 Å². The van der Waals surface area contributed by atoms with Crippen LogP contribution in [0.5, 0.6) is 11.5 Å². The van der Waals surface area contributed by atoms with Crippen LogP contribution >= 0.6 is 27.7 Å². The van der Waals surface area contributed by atoms with Gasteiger partial charge in [-0.15, -0.1) is 0 Å². The van der Waals surface area contributed by atoms with E-state index in [-0.39, 0.29) is 17.3 Å². The summed E-state index contributed by atoms with van der Waals surface area (Å²) in [6, 6.07) is 3.70. The van der Waals surface area contributed by atoms with Crippen molar-refractivity contribution < 1.29 is 19.1 Å². The van der Waals surface area contributed by atoms with Crippen molar-refractivity contribution in [3.8, 4) is 11.5 Å². The molecule has 26 heavy (non-hydrogen) atoms. The highest BCUT2D eigenvalue weighted by molar-refractivity contribution is 9.10. The van der Waals surface area contributed by atoms with E-state index in [1.54, 1.807) is 6.08 Å². The van der Waals surface area contributed by atoms with Crippen molar-refractivity contribution >= 4 is 44.9 Å². The predicted octanol–water partition coefficient (Wildman–Crippen LogP) is 5.47. The second-order valence-electron chi connectivity index (χ2n) is 5.93. The van der Waals surface area contributed by atoms with E-state index >= 15 is 0 Å². The lowest BCUT2D eigenvalue weighted by Gasteiger charge is -2.18. The summed E-state index contributed by atoms with van der Waals surface area (Å²) in [5, 5.41) is -0.219. The Kier molecular flexibility index (Phi) is 7.58. The van der Waals surface area contributed by atoms with Gasteiger partial charge in [-0.25, -0.2) is 0 Å². The minimum Gasteiger partial charge on any atom is -0.490 e. The van der Waals surface area contributed by atoms with E-state index < -0.39 is 0 Å². The van der Waals surface area contributed by atoms with Crippen molar-refractivity contribution in [3.05, 3.63) is 27.1 Å². The van der Waals surface area contributed by atoms with Crippen LogP contribution in [-0.2, 0) is 4.79 Å². The highest BCUT2D eigenvalue weighted by atomic mass is 79.9. The molecule has 2 amide bonds. The molecule has 1 aliphatic rings. The maximum atomic E-state index is 12.4. The number of nitrogens with zero attached hydrogens (tertiary/aromatic N) is 1. The van der Waals surface area contributed by atoms with Crippen LogP contribution in [0.1, 0.15) is 46.1 Å². The summed E-state index contributed by atoms with van der Waals surface area (Å²) in [6.07, 6.45) is 3.40. The molecule has 1 saturated heterocycles. The topological polar surface area (TPSA) is 55.8 Å². The first-order valence-corrected chi connectivity index (χ1v) is 10.4. The van der Waals surface area contributed by atoms with Crippen LogP contribution in [0.25, 0.3) is 6.08 Å². The SMILES string of the molecule is CCCN1C(=O)S/C(=C/c2cc(Br)c(O[C@H](C)CC)c(OCC)c2)C1=O. The van der Waals surface area contributed by atoms with Gasteiger partial charge in [0, 0.05) is 6.54 Å².